The van der Waals surface area contributed by atoms with Crippen LogP contribution in [0, 0.1) is 0 Å². The van der Waals surface area contributed by atoms with Crippen molar-refractivity contribution in [2.75, 3.05) is 7.11 Å². The van der Waals surface area contributed by atoms with E-state index in [0.717, 1.165) is 30.5 Å². The van der Waals surface area contributed by atoms with Crippen molar-refractivity contribution in [1.29, 1.82) is 0 Å². The van der Waals surface area contributed by atoms with Crippen LogP contribution in [0.25, 0.3) is 0 Å². The normalized spacial score (nSPS) is 16.4. The molecule has 0 spiro atoms. The third kappa shape index (κ3) is 5.76. The summed E-state index contributed by atoms with van der Waals surface area (Å²) in [4.78, 5) is 19.0. The van der Waals surface area contributed by atoms with Gasteiger partial charge in [-0.15, -0.1) is 11.3 Å². The first kappa shape index (κ1) is 24.0. The zero-order valence-corrected chi connectivity index (χ0v) is 21.0. The Kier molecular flexibility index (Phi) is 7.28. The molecule has 0 saturated heterocycles. The van der Waals surface area contributed by atoms with Gasteiger partial charge in [0.25, 0.3) is 0 Å². The second-order valence-electron chi connectivity index (χ2n) is 9.00. The van der Waals surface area contributed by atoms with E-state index in [9.17, 15) is 4.79 Å². The number of hydrogen-bond donors (Lipinski definition) is 0. The molecule has 1 saturated carbocycles. The number of ether oxygens (including phenoxy) is 2. The van der Waals surface area contributed by atoms with Crippen LogP contribution in [-0.2, 0) is 21.5 Å². The van der Waals surface area contributed by atoms with E-state index in [1.807, 2.05) is 0 Å². The quantitative estimate of drug-likeness (QED) is 0.409. The minimum atomic E-state index is -0.494. The first-order chi connectivity index (χ1) is 14.5. The van der Waals surface area contributed by atoms with Crippen LogP contribution >= 0.6 is 35.2 Å². The SMILES string of the molecule is COc1ccc(Cl)cc1C(=S)N=c1sc(C(C)(C)C)cn1CC1(OC(C)=O)CCCC1. The van der Waals surface area contributed by atoms with Gasteiger partial charge >= 0.3 is 5.97 Å². The van der Waals surface area contributed by atoms with Crippen LogP contribution in [0.5, 0.6) is 5.75 Å². The van der Waals surface area contributed by atoms with Crippen molar-refractivity contribution in [3.63, 3.8) is 0 Å². The van der Waals surface area contributed by atoms with E-state index in [4.69, 9.17) is 38.3 Å². The fraction of sp³-hybridized carbons (Fsp3) is 0.522. The highest BCUT2D eigenvalue weighted by atomic mass is 35.5. The molecule has 5 nitrogen and oxygen atoms in total. The number of nitrogens with zero attached hydrogens (tertiary/aromatic N) is 2. The highest BCUT2D eigenvalue weighted by Crippen LogP contribution is 2.35. The summed E-state index contributed by atoms with van der Waals surface area (Å²) in [7, 11) is 1.60. The maximum Gasteiger partial charge on any atom is 0.303 e. The molecule has 0 atom stereocenters. The summed E-state index contributed by atoms with van der Waals surface area (Å²) >= 11 is 13.5. The van der Waals surface area contributed by atoms with Crippen molar-refractivity contribution in [3.8, 4) is 5.75 Å². The number of halogens is 1. The van der Waals surface area contributed by atoms with Crippen molar-refractivity contribution >= 4 is 46.1 Å². The number of esters is 1. The molecule has 0 aliphatic heterocycles. The van der Waals surface area contributed by atoms with Crippen LogP contribution < -0.4 is 9.54 Å². The molecule has 168 valence electrons. The fourth-order valence-corrected chi connectivity index (χ4v) is 5.38. The van der Waals surface area contributed by atoms with Crippen LogP contribution in [0.15, 0.2) is 29.4 Å². The summed E-state index contributed by atoms with van der Waals surface area (Å²) in [5.74, 6) is 0.385. The zero-order valence-electron chi connectivity index (χ0n) is 18.7. The van der Waals surface area contributed by atoms with Gasteiger partial charge in [0.2, 0.25) is 0 Å². The van der Waals surface area contributed by atoms with E-state index in [2.05, 4.69) is 31.5 Å². The molecule has 1 aromatic heterocycles. The van der Waals surface area contributed by atoms with Crippen molar-refractivity contribution in [1.82, 2.24) is 4.57 Å². The van der Waals surface area contributed by atoms with Crippen LogP contribution in [0.1, 0.15) is 63.8 Å². The van der Waals surface area contributed by atoms with Gasteiger partial charge < -0.3 is 14.0 Å². The first-order valence-corrected chi connectivity index (χ1v) is 12.0. The summed E-state index contributed by atoms with van der Waals surface area (Å²) in [6, 6.07) is 5.32. The number of aromatic nitrogens is 1. The molecule has 31 heavy (non-hydrogen) atoms. The van der Waals surface area contributed by atoms with E-state index in [1.54, 1.807) is 36.6 Å². The highest BCUT2D eigenvalue weighted by molar-refractivity contribution is 7.80. The van der Waals surface area contributed by atoms with Gasteiger partial charge in [-0.25, -0.2) is 4.99 Å². The van der Waals surface area contributed by atoms with Crippen molar-refractivity contribution in [3.05, 3.63) is 44.7 Å². The third-order valence-corrected chi connectivity index (χ3v) is 7.37. The first-order valence-electron chi connectivity index (χ1n) is 10.4. The third-order valence-electron chi connectivity index (χ3n) is 5.38. The summed E-state index contributed by atoms with van der Waals surface area (Å²) in [5.41, 5.74) is 0.143. The van der Waals surface area contributed by atoms with Gasteiger partial charge in [-0.2, -0.15) is 0 Å². The molecule has 2 aromatic rings. The number of methoxy groups -OCH3 is 1. The Morgan fingerprint density at radius 3 is 2.58 bits per heavy atom. The lowest BCUT2D eigenvalue weighted by atomic mass is 9.95. The number of rotatable bonds is 5. The van der Waals surface area contributed by atoms with Gasteiger partial charge in [0.15, 0.2) is 4.80 Å². The predicted molar refractivity (Wildman–Crippen MR) is 129 cm³/mol. The fourth-order valence-electron chi connectivity index (χ4n) is 3.85. The minimum Gasteiger partial charge on any atom is -0.496 e. The molecule has 0 bridgehead atoms. The standard InChI is InChI=1S/C23H29ClN2O3S2/c1-15(27)29-23(10-6-7-11-23)14-26-13-19(22(2,3)4)31-21(26)25-20(30)17-12-16(24)8-9-18(17)28-5/h8-9,12-13H,6-7,10-11,14H2,1-5H3. The molecule has 0 amide bonds. The Bertz CT molecular complexity index is 1040. The number of carbonyl (C=O) groups excluding carboxylic acids is 1. The monoisotopic (exact) mass is 480 g/mol. The number of thiocarbonyl (C=S) groups is 1. The second kappa shape index (κ2) is 9.43. The second-order valence-corrected chi connectivity index (χ2v) is 10.8. The summed E-state index contributed by atoms with van der Waals surface area (Å²) < 4.78 is 13.4. The van der Waals surface area contributed by atoms with Gasteiger partial charge in [0.1, 0.15) is 16.3 Å². The van der Waals surface area contributed by atoms with E-state index < -0.39 is 5.60 Å². The topological polar surface area (TPSA) is 52.8 Å². The number of carbonyl (C=O) groups is 1. The summed E-state index contributed by atoms with van der Waals surface area (Å²) in [6.07, 6.45) is 5.92. The lowest BCUT2D eigenvalue weighted by Gasteiger charge is -2.29. The van der Waals surface area contributed by atoms with E-state index in [-0.39, 0.29) is 11.4 Å². The lowest BCUT2D eigenvalue weighted by Crippen LogP contribution is -2.38. The molecule has 1 aliphatic rings. The molecule has 0 N–H and O–H groups in total. The summed E-state index contributed by atoms with van der Waals surface area (Å²) in [6.45, 7) is 8.55. The largest absolute Gasteiger partial charge is 0.496 e. The van der Waals surface area contributed by atoms with Crippen LogP contribution in [0.3, 0.4) is 0 Å². The number of benzene rings is 1. The summed E-state index contributed by atoms with van der Waals surface area (Å²) in [5, 5.41) is 0.572. The Labute approximate surface area is 198 Å². The maximum atomic E-state index is 11.8. The number of thiazole rings is 1. The lowest BCUT2D eigenvalue weighted by molar-refractivity contribution is -0.158. The van der Waals surface area contributed by atoms with Gasteiger partial charge in [-0.05, 0) is 49.3 Å². The molecule has 1 fully saturated rings. The maximum absolute atomic E-state index is 11.8. The smallest absolute Gasteiger partial charge is 0.303 e. The van der Waals surface area contributed by atoms with Crippen LogP contribution in [0.2, 0.25) is 5.02 Å². The number of hydrogen-bond acceptors (Lipinski definition) is 5. The Morgan fingerprint density at radius 2 is 2.00 bits per heavy atom. The molecule has 8 heteroatoms. The Morgan fingerprint density at radius 1 is 1.32 bits per heavy atom. The van der Waals surface area contributed by atoms with E-state index in [1.165, 1.54) is 11.8 Å². The molecule has 0 unspecified atom stereocenters. The Hall–Kier alpha value is -1.70. The average molecular weight is 481 g/mol. The van der Waals surface area contributed by atoms with Crippen LogP contribution in [-0.4, -0.2) is 28.2 Å². The Balaban J connectivity index is 2.07. The van der Waals surface area contributed by atoms with Gasteiger partial charge in [-0.3, -0.25) is 4.79 Å². The minimum absolute atomic E-state index is 0.0418. The predicted octanol–water partition coefficient (Wildman–Crippen LogP) is 5.66. The molecule has 3 rings (SSSR count). The van der Waals surface area contributed by atoms with Crippen molar-refractivity contribution in [2.45, 2.75) is 70.9 Å². The van der Waals surface area contributed by atoms with E-state index in [0.29, 0.717) is 27.9 Å². The molecule has 1 aromatic carbocycles. The molecule has 1 aliphatic carbocycles. The average Bonchev–Trinajstić information content (AvgIpc) is 3.28. The van der Waals surface area contributed by atoms with Crippen molar-refractivity contribution in [2.24, 2.45) is 4.99 Å². The van der Waals surface area contributed by atoms with Gasteiger partial charge in [0, 0.05) is 23.0 Å². The van der Waals surface area contributed by atoms with Gasteiger partial charge in [0.05, 0.1) is 19.2 Å². The molecule has 0 radical (unpaired) electrons. The van der Waals surface area contributed by atoms with Crippen LogP contribution in [0.4, 0.5) is 0 Å². The van der Waals surface area contributed by atoms with Gasteiger partial charge in [-0.1, -0.05) is 44.6 Å². The molecular weight excluding hydrogens is 452 g/mol. The zero-order chi connectivity index (χ0) is 22.8. The van der Waals surface area contributed by atoms with Crippen molar-refractivity contribution < 1.29 is 14.3 Å². The molecule has 1 heterocycles. The molecular formula is C23H29ClN2O3S2. The highest BCUT2D eigenvalue weighted by Gasteiger charge is 2.38. The van der Waals surface area contributed by atoms with E-state index >= 15 is 0 Å².